The Hall–Kier alpha value is -2.13. The molecule has 1 heterocycles. The minimum Gasteiger partial charge on any atom is -0.465 e. The van der Waals surface area contributed by atoms with Gasteiger partial charge in [-0.2, -0.15) is 0 Å². The highest BCUT2D eigenvalue weighted by molar-refractivity contribution is 7.92. The van der Waals surface area contributed by atoms with Crippen LogP contribution in [-0.2, 0) is 24.3 Å². The maximum atomic E-state index is 12.1. The summed E-state index contributed by atoms with van der Waals surface area (Å²) in [6.07, 6.45) is 2.84. The number of nitrogens with one attached hydrogen (secondary N) is 1. The lowest BCUT2D eigenvalue weighted by molar-refractivity contribution is -0.120. The Morgan fingerprint density at radius 1 is 1.32 bits per heavy atom. The predicted octanol–water partition coefficient (Wildman–Crippen LogP) is 0.534. The number of rotatable bonds is 7. The van der Waals surface area contributed by atoms with Crippen LogP contribution in [0.3, 0.4) is 0 Å². The minimum absolute atomic E-state index is 0.0185. The highest BCUT2D eigenvalue weighted by Gasteiger charge is 2.22. The zero-order valence-electron chi connectivity index (χ0n) is 14.2. The molecule has 0 aromatic heterocycles. The lowest BCUT2D eigenvalue weighted by Crippen LogP contribution is -2.42. The molecule has 1 aliphatic rings. The largest absolute Gasteiger partial charge is 0.465 e. The third-order valence-electron chi connectivity index (χ3n) is 3.81. The summed E-state index contributed by atoms with van der Waals surface area (Å²) < 4.78 is 35.1. The van der Waals surface area contributed by atoms with Crippen molar-refractivity contribution >= 4 is 27.6 Å². The standard InChI is InChI=1S/C16H22N2O6S/c1-23-16(20)12-5-7-13(8-6-12)18(25(2,21)22)11-15(19)17-10-14-4-3-9-24-14/h5-8,14H,3-4,9-11H2,1-2H3,(H,17,19). The van der Waals surface area contributed by atoms with Crippen molar-refractivity contribution < 1.29 is 27.5 Å². The average molecular weight is 370 g/mol. The summed E-state index contributed by atoms with van der Waals surface area (Å²) in [5, 5.41) is 2.69. The molecule has 138 valence electrons. The average Bonchev–Trinajstić information content (AvgIpc) is 3.10. The third kappa shape index (κ3) is 5.43. The third-order valence-corrected chi connectivity index (χ3v) is 4.96. The van der Waals surface area contributed by atoms with Crippen molar-refractivity contribution in [2.75, 3.05) is 37.4 Å². The van der Waals surface area contributed by atoms with E-state index in [0.717, 1.165) is 23.4 Å². The molecule has 0 spiro atoms. The number of anilines is 1. The number of methoxy groups -OCH3 is 1. The van der Waals surface area contributed by atoms with E-state index < -0.39 is 21.9 Å². The Labute approximate surface area is 147 Å². The number of hydrogen-bond acceptors (Lipinski definition) is 6. The summed E-state index contributed by atoms with van der Waals surface area (Å²) in [6, 6.07) is 5.81. The second kappa shape index (κ2) is 8.30. The predicted molar refractivity (Wildman–Crippen MR) is 92.0 cm³/mol. The first-order chi connectivity index (χ1) is 11.8. The molecule has 0 radical (unpaired) electrons. The van der Waals surface area contributed by atoms with E-state index in [1.165, 1.54) is 31.4 Å². The lowest BCUT2D eigenvalue weighted by atomic mass is 10.2. The minimum atomic E-state index is -3.66. The highest BCUT2D eigenvalue weighted by atomic mass is 32.2. The van der Waals surface area contributed by atoms with E-state index in [9.17, 15) is 18.0 Å². The number of carbonyl (C=O) groups is 2. The van der Waals surface area contributed by atoms with Gasteiger partial charge in [0.05, 0.1) is 30.7 Å². The molecule has 1 atom stereocenters. The van der Waals surface area contributed by atoms with Crippen LogP contribution in [0.15, 0.2) is 24.3 Å². The van der Waals surface area contributed by atoms with E-state index >= 15 is 0 Å². The second-order valence-electron chi connectivity index (χ2n) is 5.75. The van der Waals surface area contributed by atoms with Gasteiger partial charge in [0.1, 0.15) is 6.54 Å². The van der Waals surface area contributed by atoms with E-state index in [-0.39, 0.29) is 12.6 Å². The zero-order valence-corrected chi connectivity index (χ0v) is 15.0. The number of benzene rings is 1. The van der Waals surface area contributed by atoms with Crippen molar-refractivity contribution in [2.45, 2.75) is 18.9 Å². The molecule has 1 amide bonds. The normalized spacial score (nSPS) is 17.1. The van der Waals surface area contributed by atoms with Gasteiger partial charge in [0.25, 0.3) is 0 Å². The van der Waals surface area contributed by atoms with Crippen LogP contribution in [-0.4, -0.2) is 59.5 Å². The van der Waals surface area contributed by atoms with Crippen molar-refractivity contribution in [1.29, 1.82) is 0 Å². The SMILES string of the molecule is COC(=O)c1ccc(N(CC(=O)NCC2CCCO2)S(C)(=O)=O)cc1. The fourth-order valence-electron chi connectivity index (χ4n) is 2.50. The van der Waals surface area contributed by atoms with E-state index in [0.29, 0.717) is 24.4 Å². The van der Waals surface area contributed by atoms with Gasteiger partial charge in [-0.3, -0.25) is 9.10 Å². The quantitative estimate of drug-likeness (QED) is 0.703. The number of nitrogens with zero attached hydrogens (tertiary/aromatic N) is 1. The topological polar surface area (TPSA) is 102 Å². The number of amides is 1. The molecule has 1 aliphatic heterocycles. The molecule has 0 aliphatic carbocycles. The van der Waals surface area contributed by atoms with E-state index in [1.54, 1.807) is 0 Å². The van der Waals surface area contributed by atoms with Crippen LogP contribution in [0.25, 0.3) is 0 Å². The van der Waals surface area contributed by atoms with Crippen LogP contribution < -0.4 is 9.62 Å². The van der Waals surface area contributed by atoms with Crippen molar-refractivity contribution in [3.63, 3.8) is 0 Å². The Morgan fingerprint density at radius 2 is 2.00 bits per heavy atom. The van der Waals surface area contributed by atoms with Crippen molar-refractivity contribution in [1.82, 2.24) is 5.32 Å². The van der Waals surface area contributed by atoms with Gasteiger partial charge in [-0.1, -0.05) is 0 Å². The molecule has 8 nitrogen and oxygen atoms in total. The van der Waals surface area contributed by atoms with Gasteiger partial charge >= 0.3 is 5.97 Å². The summed E-state index contributed by atoms with van der Waals surface area (Å²) in [6.45, 7) is 0.698. The number of hydrogen-bond donors (Lipinski definition) is 1. The van der Waals surface area contributed by atoms with E-state index in [1.807, 2.05) is 0 Å². The highest BCUT2D eigenvalue weighted by Crippen LogP contribution is 2.18. The number of carbonyl (C=O) groups excluding carboxylic acids is 2. The zero-order chi connectivity index (χ0) is 18.4. The van der Waals surface area contributed by atoms with Crippen molar-refractivity contribution in [3.05, 3.63) is 29.8 Å². The Morgan fingerprint density at radius 3 is 2.52 bits per heavy atom. The summed E-state index contributed by atoms with van der Waals surface area (Å²) in [4.78, 5) is 23.6. The van der Waals surface area contributed by atoms with Gasteiger partial charge < -0.3 is 14.8 Å². The van der Waals surface area contributed by atoms with Gasteiger partial charge in [-0.25, -0.2) is 13.2 Å². The molecule has 2 rings (SSSR count). The van der Waals surface area contributed by atoms with Crippen LogP contribution in [0.1, 0.15) is 23.2 Å². The smallest absolute Gasteiger partial charge is 0.337 e. The van der Waals surface area contributed by atoms with Gasteiger partial charge in [-0.15, -0.1) is 0 Å². The van der Waals surface area contributed by atoms with Crippen LogP contribution in [0.5, 0.6) is 0 Å². The molecule has 1 fully saturated rings. The summed E-state index contributed by atoms with van der Waals surface area (Å²) in [5.74, 6) is -0.940. The second-order valence-corrected chi connectivity index (χ2v) is 7.65. The lowest BCUT2D eigenvalue weighted by Gasteiger charge is -2.22. The van der Waals surface area contributed by atoms with Gasteiger partial charge in [-0.05, 0) is 37.1 Å². The van der Waals surface area contributed by atoms with Crippen LogP contribution >= 0.6 is 0 Å². The first kappa shape index (κ1) is 19.2. The first-order valence-corrected chi connectivity index (χ1v) is 9.70. The molecule has 1 aromatic carbocycles. The van der Waals surface area contributed by atoms with E-state index in [2.05, 4.69) is 10.1 Å². The Bertz CT molecular complexity index is 711. The molecule has 0 saturated carbocycles. The molecule has 1 unspecified atom stereocenters. The summed E-state index contributed by atoms with van der Waals surface area (Å²) >= 11 is 0. The number of sulfonamides is 1. The van der Waals surface area contributed by atoms with Crippen molar-refractivity contribution in [2.24, 2.45) is 0 Å². The maximum absolute atomic E-state index is 12.1. The fraction of sp³-hybridized carbons (Fsp3) is 0.500. The summed E-state index contributed by atoms with van der Waals surface area (Å²) in [7, 11) is -2.40. The monoisotopic (exact) mass is 370 g/mol. The van der Waals surface area contributed by atoms with Gasteiger partial charge in [0.15, 0.2) is 0 Å². The molecular formula is C16H22N2O6S. The van der Waals surface area contributed by atoms with Crippen LogP contribution in [0.2, 0.25) is 0 Å². The summed E-state index contributed by atoms with van der Waals surface area (Å²) in [5.41, 5.74) is 0.588. The molecule has 1 aromatic rings. The van der Waals surface area contributed by atoms with Crippen molar-refractivity contribution in [3.8, 4) is 0 Å². The van der Waals surface area contributed by atoms with Gasteiger partial charge in [0.2, 0.25) is 15.9 Å². The first-order valence-electron chi connectivity index (χ1n) is 7.85. The fourth-order valence-corrected chi connectivity index (χ4v) is 3.36. The van der Waals surface area contributed by atoms with Crippen LogP contribution in [0.4, 0.5) is 5.69 Å². The van der Waals surface area contributed by atoms with Crippen LogP contribution in [0, 0.1) is 0 Å². The van der Waals surface area contributed by atoms with Gasteiger partial charge in [0, 0.05) is 13.2 Å². The maximum Gasteiger partial charge on any atom is 0.337 e. The van der Waals surface area contributed by atoms with E-state index in [4.69, 9.17) is 4.74 Å². The molecule has 9 heteroatoms. The molecule has 25 heavy (non-hydrogen) atoms. The number of ether oxygens (including phenoxy) is 2. The number of esters is 1. The Kier molecular flexibility index (Phi) is 6.38. The molecule has 0 bridgehead atoms. The molecule has 1 saturated heterocycles. The molecular weight excluding hydrogens is 348 g/mol. The molecule has 1 N–H and O–H groups in total. The Balaban J connectivity index is 2.05.